The molecule has 3 saturated heterocycles. The average Bonchev–Trinajstić information content (AvgIpc) is 3.63. The van der Waals surface area contributed by atoms with Gasteiger partial charge in [-0.05, 0) is 94.2 Å². The van der Waals surface area contributed by atoms with Crippen LogP contribution in [0.5, 0.6) is 5.75 Å². The Morgan fingerprint density at radius 1 is 1.03 bits per heavy atom. The van der Waals surface area contributed by atoms with Crippen molar-refractivity contribution in [3.63, 3.8) is 0 Å². The molecule has 2 N–H and O–H groups in total. The summed E-state index contributed by atoms with van der Waals surface area (Å²) < 4.78 is 6.19. The number of likely N-dealkylation sites (tertiary alicyclic amines) is 2. The number of aliphatic hydroxyl groups excluding tert-OH is 1. The van der Waals surface area contributed by atoms with Crippen molar-refractivity contribution < 1.29 is 14.6 Å². The number of benzene rings is 2. The maximum absolute atomic E-state index is 13.4. The van der Waals surface area contributed by atoms with E-state index < -0.39 is 12.1 Å². The quantitative estimate of drug-likeness (QED) is 0.456. The molecule has 3 aliphatic rings. The molecule has 2 aromatic rings. The topological polar surface area (TPSA) is 68.3 Å². The monoisotopic (exact) mass is 574 g/mol. The van der Waals surface area contributed by atoms with Gasteiger partial charge in [0.05, 0.1) is 17.0 Å². The van der Waals surface area contributed by atoms with E-state index in [1.165, 1.54) is 0 Å². The van der Waals surface area contributed by atoms with Gasteiger partial charge >= 0.3 is 0 Å². The highest BCUT2D eigenvalue weighted by atomic mass is 35.5. The van der Waals surface area contributed by atoms with Gasteiger partial charge in [0.15, 0.2) is 0 Å². The van der Waals surface area contributed by atoms with Crippen LogP contribution in [0.3, 0.4) is 0 Å². The molecule has 0 unspecified atom stereocenters. The maximum Gasteiger partial charge on any atom is 0.225 e. The minimum Gasteiger partial charge on any atom is -0.489 e. The zero-order valence-corrected chi connectivity index (χ0v) is 24.2. The van der Waals surface area contributed by atoms with E-state index in [1.54, 1.807) is 6.07 Å². The first kappa shape index (κ1) is 28.5. The van der Waals surface area contributed by atoms with Crippen molar-refractivity contribution in [3.05, 3.63) is 58.1 Å². The lowest BCUT2D eigenvalue weighted by Gasteiger charge is -2.31. The maximum atomic E-state index is 13.4. The van der Waals surface area contributed by atoms with E-state index in [9.17, 15) is 9.90 Å². The standard InChI is InChI=1S/C30H40Cl2N4O3/c1-34-15-11-25(12-16-34)39-28-9-4-21(18-26(28)32)29(37)27(20-35-13-2-3-14-35)33-30(38)22-10-17-36(19-22)24-7-5-23(31)6-8-24/h4-9,18,22,25,27,29,37H,2-3,10-17,19-20H2,1H3,(H,33,38)/t22-,27-,29-/m1/s1. The van der Waals surface area contributed by atoms with Crippen LogP contribution in [-0.2, 0) is 4.79 Å². The molecule has 2 aromatic carbocycles. The number of aliphatic hydroxyl groups is 1. The second kappa shape index (κ2) is 13.1. The van der Waals surface area contributed by atoms with Crippen molar-refractivity contribution >= 4 is 34.8 Å². The molecule has 3 fully saturated rings. The summed E-state index contributed by atoms with van der Waals surface area (Å²) in [6.07, 6.45) is 4.27. The number of carbonyl (C=O) groups is 1. The summed E-state index contributed by atoms with van der Waals surface area (Å²) in [6.45, 7) is 6.05. The van der Waals surface area contributed by atoms with E-state index in [0.717, 1.165) is 70.5 Å². The third-order valence-corrected chi connectivity index (χ3v) is 8.92. The largest absolute Gasteiger partial charge is 0.489 e. The van der Waals surface area contributed by atoms with E-state index in [2.05, 4.69) is 27.1 Å². The number of rotatable bonds is 9. The molecular formula is C30H40Cl2N4O3. The average molecular weight is 576 g/mol. The van der Waals surface area contributed by atoms with E-state index in [0.29, 0.717) is 34.4 Å². The highest BCUT2D eigenvalue weighted by Crippen LogP contribution is 2.32. The first-order valence-electron chi connectivity index (χ1n) is 14.2. The molecule has 9 heteroatoms. The number of hydrogen-bond donors (Lipinski definition) is 2. The van der Waals surface area contributed by atoms with Crippen LogP contribution in [0.15, 0.2) is 42.5 Å². The molecule has 39 heavy (non-hydrogen) atoms. The van der Waals surface area contributed by atoms with Gasteiger partial charge in [0.2, 0.25) is 5.91 Å². The third kappa shape index (κ3) is 7.39. The zero-order valence-electron chi connectivity index (χ0n) is 22.7. The molecule has 0 spiro atoms. The van der Waals surface area contributed by atoms with E-state index in [1.807, 2.05) is 36.4 Å². The van der Waals surface area contributed by atoms with Gasteiger partial charge in [-0.15, -0.1) is 0 Å². The normalized spacial score (nSPS) is 22.7. The molecule has 3 atom stereocenters. The van der Waals surface area contributed by atoms with Crippen LogP contribution in [0.25, 0.3) is 0 Å². The van der Waals surface area contributed by atoms with Crippen LogP contribution in [0.2, 0.25) is 10.0 Å². The van der Waals surface area contributed by atoms with Crippen molar-refractivity contribution in [3.8, 4) is 5.75 Å². The summed E-state index contributed by atoms with van der Waals surface area (Å²) in [5.74, 6) is 0.501. The molecule has 0 saturated carbocycles. The van der Waals surface area contributed by atoms with E-state index >= 15 is 0 Å². The number of amides is 1. The molecular weight excluding hydrogens is 535 g/mol. The Hall–Kier alpha value is -2.03. The lowest BCUT2D eigenvalue weighted by atomic mass is 9.99. The Bertz CT molecular complexity index is 1100. The highest BCUT2D eigenvalue weighted by molar-refractivity contribution is 6.32. The van der Waals surface area contributed by atoms with Gasteiger partial charge in [-0.3, -0.25) is 4.79 Å². The lowest BCUT2D eigenvalue weighted by Crippen LogP contribution is -2.48. The predicted octanol–water partition coefficient (Wildman–Crippen LogP) is 4.61. The molecule has 3 heterocycles. The molecule has 212 valence electrons. The van der Waals surface area contributed by atoms with Gasteiger partial charge in [0.25, 0.3) is 0 Å². The summed E-state index contributed by atoms with van der Waals surface area (Å²) in [7, 11) is 2.12. The number of carbonyl (C=O) groups excluding carboxylic acids is 1. The Labute approximate surface area is 242 Å². The van der Waals surface area contributed by atoms with E-state index in [-0.39, 0.29) is 17.9 Å². The van der Waals surface area contributed by atoms with Gasteiger partial charge in [-0.1, -0.05) is 29.3 Å². The van der Waals surface area contributed by atoms with Crippen LogP contribution < -0.4 is 15.0 Å². The summed E-state index contributed by atoms with van der Waals surface area (Å²) in [6, 6.07) is 12.8. The van der Waals surface area contributed by atoms with Gasteiger partial charge in [-0.25, -0.2) is 0 Å². The second-order valence-electron chi connectivity index (χ2n) is 11.3. The number of hydrogen-bond acceptors (Lipinski definition) is 6. The molecule has 5 rings (SSSR count). The smallest absolute Gasteiger partial charge is 0.225 e. The van der Waals surface area contributed by atoms with Crippen LogP contribution in [0.1, 0.15) is 43.8 Å². The third-order valence-electron chi connectivity index (χ3n) is 8.37. The van der Waals surface area contributed by atoms with Gasteiger partial charge in [0, 0.05) is 43.4 Å². The summed E-state index contributed by atoms with van der Waals surface area (Å²) in [5, 5.41) is 15.9. The molecule has 0 radical (unpaired) electrons. The van der Waals surface area contributed by atoms with Gasteiger partial charge in [0.1, 0.15) is 18.0 Å². The fourth-order valence-corrected chi connectivity index (χ4v) is 6.30. The summed E-state index contributed by atoms with van der Waals surface area (Å²) in [5.41, 5.74) is 1.76. The summed E-state index contributed by atoms with van der Waals surface area (Å²) >= 11 is 12.7. The molecule has 7 nitrogen and oxygen atoms in total. The molecule has 0 bridgehead atoms. The van der Waals surface area contributed by atoms with Crippen molar-refractivity contribution in [1.29, 1.82) is 0 Å². The van der Waals surface area contributed by atoms with Crippen LogP contribution >= 0.6 is 23.2 Å². The molecule has 0 aliphatic carbocycles. The fourth-order valence-electron chi connectivity index (χ4n) is 5.94. The number of ether oxygens (including phenoxy) is 1. The van der Waals surface area contributed by atoms with Crippen LogP contribution in [0, 0.1) is 5.92 Å². The molecule has 1 amide bonds. The Kier molecular flexibility index (Phi) is 9.56. The Morgan fingerprint density at radius 3 is 2.44 bits per heavy atom. The minimum absolute atomic E-state index is 0.0111. The first-order valence-corrected chi connectivity index (χ1v) is 15.0. The second-order valence-corrected chi connectivity index (χ2v) is 12.1. The highest BCUT2D eigenvalue weighted by Gasteiger charge is 2.33. The first-order chi connectivity index (χ1) is 18.9. The zero-order chi connectivity index (χ0) is 27.4. The molecule has 3 aliphatic heterocycles. The summed E-state index contributed by atoms with van der Waals surface area (Å²) in [4.78, 5) is 20.3. The number of piperidine rings is 1. The number of nitrogens with zero attached hydrogens (tertiary/aromatic N) is 3. The number of nitrogens with one attached hydrogen (secondary N) is 1. The Balaban J connectivity index is 1.24. The van der Waals surface area contributed by atoms with E-state index in [4.69, 9.17) is 27.9 Å². The van der Waals surface area contributed by atoms with Gasteiger partial charge in [-0.2, -0.15) is 0 Å². The van der Waals surface area contributed by atoms with Crippen molar-refractivity contribution in [2.24, 2.45) is 5.92 Å². The van der Waals surface area contributed by atoms with Crippen LogP contribution in [-0.4, -0.2) is 85.8 Å². The number of halogens is 2. The SMILES string of the molecule is CN1CCC(Oc2ccc([C@@H](O)[C@@H](CN3CCCC3)NC(=O)[C@@H]3CCN(c4ccc(Cl)cc4)C3)cc2Cl)CC1. The van der Waals surface area contributed by atoms with Crippen molar-refractivity contribution in [2.45, 2.75) is 50.4 Å². The molecule has 0 aromatic heterocycles. The Morgan fingerprint density at radius 2 is 1.74 bits per heavy atom. The predicted molar refractivity (Wildman–Crippen MR) is 157 cm³/mol. The lowest BCUT2D eigenvalue weighted by molar-refractivity contribution is -0.126. The fraction of sp³-hybridized carbons (Fsp3) is 0.567. The number of anilines is 1. The minimum atomic E-state index is -0.877. The van der Waals surface area contributed by atoms with Crippen LogP contribution in [0.4, 0.5) is 5.69 Å². The van der Waals surface area contributed by atoms with Gasteiger partial charge < -0.3 is 29.9 Å². The van der Waals surface area contributed by atoms with Crippen molar-refractivity contribution in [1.82, 2.24) is 15.1 Å². The van der Waals surface area contributed by atoms with Crippen molar-refractivity contribution in [2.75, 3.05) is 57.8 Å².